The first-order valence-corrected chi connectivity index (χ1v) is 4.28. The first kappa shape index (κ1) is 13.4. The predicted molar refractivity (Wildman–Crippen MR) is 60.5 cm³/mol. The largest absolute Gasteiger partial charge is 0.321 e. The van der Waals surface area contributed by atoms with Crippen LogP contribution in [0.15, 0.2) is 24.8 Å². The Balaban J connectivity index is 0.00000169. The number of aryl methyl sites for hydroxylation is 1. The van der Waals surface area contributed by atoms with Crippen LogP contribution in [-0.4, -0.2) is 0 Å². The lowest BCUT2D eigenvalue weighted by molar-refractivity contribution is 0.594. The fourth-order valence-electron chi connectivity index (χ4n) is 1.10. The van der Waals surface area contributed by atoms with Crippen LogP contribution in [0.3, 0.4) is 0 Å². The van der Waals surface area contributed by atoms with Gasteiger partial charge in [0.05, 0.1) is 6.04 Å². The fraction of sp³-hybridized carbons (Fsp3) is 0.200. The molecule has 1 aromatic rings. The molecule has 0 aromatic heterocycles. The van der Waals surface area contributed by atoms with Gasteiger partial charge in [-0.3, -0.25) is 0 Å². The summed E-state index contributed by atoms with van der Waals surface area (Å²) in [7, 11) is 0. The summed E-state index contributed by atoms with van der Waals surface area (Å²) in [6.07, 6.45) is 1.46. The highest BCUT2D eigenvalue weighted by molar-refractivity contribution is 6.31. The van der Waals surface area contributed by atoms with Crippen LogP contribution in [0.25, 0.3) is 0 Å². The maximum absolute atomic E-state index is 13.5. The Kier molecular flexibility index (Phi) is 5.13. The molecule has 2 N–H and O–H groups in total. The monoisotopic (exact) mass is 235 g/mol. The van der Waals surface area contributed by atoms with Crippen LogP contribution in [0, 0.1) is 12.7 Å². The van der Waals surface area contributed by atoms with Gasteiger partial charge in [0, 0.05) is 10.6 Å². The second-order valence-corrected chi connectivity index (χ2v) is 3.26. The zero-order chi connectivity index (χ0) is 10.0. The zero-order valence-corrected chi connectivity index (χ0v) is 9.33. The molecular formula is C10H12Cl2FN. The van der Waals surface area contributed by atoms with Crippen LogP contribution in [-0.2, 0) is 0 Å². The average molecular weight is 236 g/mol. The third kappa shape index (κ3) is 2.47. The number of hydrogen-bond acceptors (Lipinski definition) is 1. The van der Waals surface area contributed by atoms with Crippen LogP contribution in [0.5, 0.6) is 0 Å². The van der Waals surface area contributed by atoms with E-state index in [1.54, 1.807) is 19.1 Å². The molecule has 0 heterocycles. The van der Waals surface area contributed by atoms with Gasteiger partial charge in [0.25, 0.3) is 0 Å². The summed E-state index contributed by atoms with van der Waals surface area (Å²) in [5.74, 6) is -0.347. The Morgan fingerprint density at radius 3 is 2.64 bits per heavy atom. The molecule has 0 fully saturated rings. The van der Waals surface area contributed by atoms with Crippen LogP contribution in [0.1, 0.15) is 17.2 Å². The van der Waals surface area contributed by atoms with E-state index < -0.39 is 6.04 Å². The quantitative estimate of drug-likeness (QED) is 0.782. The SMILES string of the molecule is C=C[C@H](N)c1c(Cl)ccc(C)c1F.Cl. The van der Waals surface area contributed by atoms with Gasteiger partial charge in [-0.15, -0.1) is 19.0 Å². The lowest BCUT2D eigenvalue weighted by Gasteiger charge is -2.11. The molecule has 1 nitrogen and oxygen atoms in total. The van der Waals surface area contributed by atoms with Crippen molar-refractivity contribution < 1.29 is 4.39 Å². The predicted octanol–water partition coefficient (Wildman–Crippen LogP) is 3.40. The normalized spacial score (nSPS) is 11.7. The number of rotatable bonds is 2. The Labute approximate surface area is 94.2 Å². The van der Waals surface area contributed by atoms with E-state index in [-0.39, 0.29) is 18.2 Å². The van der Waals surface area contributed by atoms with Gasteiger partial charge in [-0.25, -0.2) is 4.39 Å². The summed E-state index contributed by atoms with van der Waals surface area (Å²) in [6, 6.07) is 2.71. The van der Waals surface area contributed by atoms with E-state index in [2.05, 4.69) is 6.58 Å². The molecule has 0 spiro atoms. The molecule has 0 bridgehead atoms. The lowest BCUT2D eigenvalue weighted by atomic mass is 10.0. The zero-order valence-electron chi connectivity index (χ0n) is 7.76. The van der Waals surface area contributed by atoms with Gasteiger partial charge >= 0.3 is 0 Å². The molecule has 0 amide bonds. The Bertz CT molecular complexity index is 339. The van der Waals surface area contributed by atoms with Crippen LogP contribution < -0.4 is 5.73 Å². The number of benzene rings is 1. The highest BCUT2D eigenvalue weighted by Crippen LogP contribution is 2.26. The van der Waals surface area contributed by atoms with E-state index in [1.807, 2.05) is 0 Å². The summed E-state index contributed by atoms with van der Waals surface area (Å²) in [6.45, 7) is 5.17. The Morgan fingerprint density at radius 2 is 2.14 bits per heavy atom. The molecule has 1 aromatic carbocycles. The van der Waals surface area contributed by atoms with Crippen molar-refractivity contribution in [2.75, 3.05) is 0 Å². The molecule has 14 heavy (non-hydrogen) atoms. The molecule has 0 aliphatic carbocycles. The summed E-state index contributed by atoms with van der Waals surface area (Å²) in [5, 5.41) is 0.343. The Morgan fingerprint density at radius 1 is 1.57 bits per heavy atom. The molecule has 1 atom stereocenters. The van der Waals surface area contributed by atoms with Gasteiger partial charge in [0.15, 0.2) is 0 Å². The molecule has 78 valence electrons. The first-order chi connectivity index (χ1) is 6.07. The fourth-order valence-corrected chi connectivity index (χ4v) is 1.37. The Hall–Kier alpha value is -0.570. The molecule has 0 aliphatic rings. The second kappa shape index (κ2) is 5.35. The lowest BCUT2D eigenvalue weighted by Crippen LogP contribution is -2.10. The highest BCUT2D eigenvalue weighted by atomic mass is 35.5. The van der Waals surface area contributed by atoms with Crippen molar-refractivity contribution in [3.05, 3.63) is 46.8 Å². The van der Waals surface area contributed by atoms with E-state index in [4.69, 9.17) is 17.3 Å². The molecule has 0 aliphatic heterocycles. The van der Waals surface area contributed by atoms with Gasteiger partial charge in [-0.1, -0.05) is 23.7 Å². The topological polar surface area (TPSA) is 26.0 Å². The molecule has 1 rings (SSSR count). The van der Waals surface area contributed by atoms with Crippen molar-refractivity contribution in [3.63, 3.8) is 0 Å². The van der Waals surface area contributed by atoms with E-state index in [9.17, 15) is 4.39 Å². The summed E-state index contributed by atoms with van der Waals surface area (Å²) in [4.78, 5) is 0. The maximum atomic E-state index is 13.5. The minimum Gasteiger partial charge on any atom is -0.321 e. The third-order valence-corrected chi connectivity index (χ3v) is 2.24. The molecule has 0 saturated heterocycles. The van der Waals surface area contributed by atoms with Crippen LogP contribution in [0.2, 0.25) is 5.02 Å². The van der Waals surface area contributed by atoms with Crippen molar-refractivity contribution in [3.8, 4) is 0 Å². The molecule has 0 radical (unpaired) electrons. The summed E-state index contributed by atoms with van der Waals surface area (Å²) in [5.41, 5.74) is 6.48. The molecular weight excluding hydrogens is 224 g/mol. The van der Waals surface area contributed by atoms with Crippen molar-refractivity contribution in [1.29, 1.82) is 0 Å². The summed E-state index contributed by atoms with van der Waals surface area (Å²) < 4.78 is 13.5. The van der Waals surface area contributed by atoms with Crippen LogP contribution in [0.4, 0.5) is 4.39 Å². The van der Waals surface area contributed by atoms with Crippen molar-refractivity contribution in [1.82, 2.24) is 0 Å². The maximum Gasteiger partial charge on any atom is 0.132 e. The number of halogens is 3. The van der Waals surface area contributed by atoms with E-state index >= 15 is 0 Å². The van der Waals surface area contributed by atoms with Gasteiger partial charge in [-0.05, 0) is 18.6 Å². The smallest absolute Gasteiger partial charge is 0.132 e. The number of hydrogen-bond donors (Lipinski definition) is 1. The van der Waals surface area contributed by atoms with E-state index in [1.165, 1.54) is 6.08 Å². The van der Waals surface area contributed by atoms with Gasteiger partial charge in [0.1, 0.15) is 5.82 Å². The third-order valence-electron chi connectivity index (χ3n) is 1.91. The molecule has 4 heteroatoms. The molecule has 0 unspecified atom stereocenters. The minimum absolute atomic E-state index is 0. The number of nitrogens with two attached hydrogens (primary N) is 1. The van der Waals surface area contributed by atoms with Gasteiger partial charge in [-0.2, -0.15) is 0 Å². The minimum atomic E-state index is -0.549. The van der Waals surface area contributed by atoms with Gasteiger partial charge < -0.3 is 5.73 Å². The average Bonchev–Trinajstić information content (AvgIpc) is 2.12. The first-order valence-electron chi connectivity index (χ1n) is 3.90. The van der Waals surface area contributed by atoms with Crippen molar-refractivity contribution in [2.45, 2.75) is 13.0 Å². The summed E-state index contributed by atoms with van der Waals surface area (Å²) >= 11 is 5.81. The van der Waals surface area contributed by atoms with Gasteiger partial charge in [0.2, 0.25) is 0 Å². The van der Waals surface area contributed by atoms with Crippen molar-refractivity contribution in [2.24, 2.45) is 5.73 Å². The molecule has 0 saturated carbocycles. The highest BCUT2D eigenvalue weighted by Gasteiger charge is 2.14. The van der Waals surface area contributed by atoms with Crippen molar-refractivity contribution >= 4 is 24.0 Å². The van der Waals surface area contributed by atoms with E-state index in [0.717, 1.165) is 0 Å². The van der Waals surface area contributed by atoms with Crippen LogP contribution >= 0.6 is 24.0 Å². The standard InChI is InChI=1S/C10H11ClFN.ClH/c1-3-8(13)9-7(11)5-4-6(2)10(9)12;/h3-5,8H,1,13H2,2H3;1H/t8-;/m0./s1. The second-order valence-electron chi connectivity index (χ2n) is 2.85. The van der Waals surface area contributed by atoms with E-state index in [0.29, 0.717) is 16.1 Å².